The van der Waals surface area contributed by atoms with Crippen LogP contribution in [0.25, 0.3) is 21.0 Å². The van der Waals surface area contributed by atoms with E-state index in [9.17, 15) is 4.79 Å². The van der Waals surface area contributed by atoms with Gasteiger partial charge in [-0.2, -0.15) is 5.26 Å². The van der Waals surface area contributed by atoms with Crippen LogP contribution < -0.4 is 0 Å². The number of fused-ring (bicyclic) bond motifs is 1. The average Bonchev–Trinajstić information content (AvgIpc) is 3.11. The number of furan rings is 1. The minimum atomic E-state index is -1.07. The normalized spacial score (nSPS) is 12.0. The third-order valence-corrected chi connectivity index (χ3v) is 4.21. The molecule has 0 bridgehead atoms. The fraction of sp³-hybridized carbons (Fsp3) is 0.133. The molecule has 0 radical (unpaired) electrons. The van der Waals surface area contributed by atoms with E-state index in [0.717, 1.165) is 4.70 Å². The Morgan fingerprint density at radius 3 is 2.95 bits per heavy atom. The molecule has 0 aliphatic rings. The van der Waals surface area contributed by atoms with E-state index in [1.165, 1.54) is 18.3 Å². The highest BCUT2D eigenvalue weighted by Crippen LogP contribution is 2.35. The molecule has 1 unspecified atom stereocenters. The van der Waals surface area contributed by atoms with Gasteiger partial charge in [0.05, 0.1) is 9.72 Å². The molecule has 0 saturated carbocycles. The van der Waals surface area contributed by atoms with Crippen LogP contribution in [0.5, 0.6) is 0 Å². The van der Waals surface area contributed by atoms with Crippen molar-refractivity contribution < 1.29 is 13.9 Å². The van der Waals surface area contributed by atoms with E-state index in [1.807, 2.05) is 18.2 Å². The molecule has 2 aromatic heterocycles. The van der Waals surface area contributed by atoms with Crippen molar-refractivity contribution in [1.82, 2.24) is 4.98 Å². The van der Waals surface area contributed by atoms with E-state index in [0.29, 0.717) is 21.3 Å². The number of aromatic nitrogens is 1. The second kappa shape index (κ2) is 5.79. The van der Waals surface area contributed by atoms with E-state index in [4.69, 9.17) is 26.0 Å². The number of ether oxygens (including phenoxy) is 1. The van der Waals surface area contributed by atoms with Crippen molar-refractivity contribution in [2.45, 2.75) is 13.0 Å². The summed E-state index contributed by atoms with van der Waals surface area (Å²) < 4.78 is 11.4. The molecule has 0 amide bonds. The van der Waals surface area contributed by atoms with Crippen LogP contribution in [0.4, 0.5) is 0 Å². The molecule has 5 nitrogen and oxygen atoms in total. The molecular formula is C15H9ClN2O3S. The van der Waals surface area contributed by atoms with Gasteiger partial charge in [0.25, 0.3) is 0 Å². The van der Waals surface area contributed by atoms with Gasteiger partial charge in [0.15, 0.2) is 16.5 Å². The van der Waals surface area contributed by atoms with Gasteiger partial charge in [-0.3, -0.25) is 4.79 Å². The van der Waals surface area contributed by atoms with Crippen LogP contribution in [0.15, 0.2) is 34.7 Å². The Balaban J connectivity index is 1.97. The lowest BCUT2D eigenvalue weighted by Crippen LogP contribution is -2.05. The van der Waals surface area contributed by atoms with Crippen LogP contribution in [-0.2, 0) is 9.53 Å². The molecule has 110 valence electrons. The summed E-state index contributed by atoms with van der Waals surface area (Å²) >= 11 is 7.54. The Morgan fingerprint density at radius 1 is 1.45 bits per heavy atom. The van der Waals surface area contributed by atoms with Gasteiger partial charge in [0, 0.05) is 6.92 Å². The first-order chi connectivity index (χ1) is 10.6. The Bertz CT molecular complexity index is 894. The highest BCUT2D eigenvalue weighted by molar-refractivity contribution is 7.21. The topological polar surface area (TPSA) is 76.1 Å². The molecule has 0 saturated heterocycles. The molecule has 3 aromatic rings. The highest BCUT2D eigenvalue weighted by atomic mass is 35.5. The van der Waals surface area contributed by atoms with E-state index >= 15 is 0 Å². The maximum Gasteiger partial charge on any atom is 0.304 e. The Hall–Kier alpha value is -2.36. The van der Waals surface area contributed by atoms with Crippen LogP contribution in [0.3, 0.4) is 0 Å². The number of hydrogen-bond donors (Lipinski definition) is 0. The molecule has 0 fully saturated rings. The molecule has 0 aliphatic heterocycles. The van der Waals surface area contributed by atoms with Gasteiger partial charge in [0.1, 0.15) is 11.6 Å². The zero-order chi connectivity index (χ0) is 15.7. The zero-order valence-electron chi connectivity index (χ0n) is 11.4. The monoisotopic (exact) mass is 332 g/mol. The van der Waals surface area contributed by atoms with Gasteiger partial charge in [-0.15, -0.1) is 11.3 Å². The van der Waals surface area contributed by atoms with Gasteiger partial charge >= 0.3 is 5.97 Å². The molecule has 7 heteroatoms. The van der Waals surface area contributed by atoms with Crippen molar-refractivity contribution in [3.8, 4) is 16.8 Å². The molecule has 0 aliphatic carbocycles. The Kier molecular flexibility index (Phi) is 3.84. The maximum absolute atomic E-state index is 11.0. The lowest BCUT2D eigenvalue weighted by molar-refractivity contribution is -0.144. The van der Waals surface area contributed by atoms with Crippen LogP contribution >= 0.6 is 22.9 Å². The molecule has 1 aromatic carbocycles. The summed E-state index contributed by atoms with van der Waals surface area (Å²) in [4.78, 5) is 15.4. The fourth-order valence-corrected chi connectivity index (χ4v) is 3.17. The lowest BCUT2D eigenvalue weighted by Gasteiger charge is -2.05. The van der Waals surface area contributed by atoms with E-state index < -0.39 is 12.1 Å². The maximum atomic E-state index is 11.0. The number of halogens is 1. The zero-order valence-corrected chi connectivity index (χ0v) is 12.9. The first kappa shape index (κ1) is 14.6. The minimum absolute atomic E-state index is 0.262. The van der Waals surface area contributed by atoms with Crippen LogP contribution in [0.2, 0.25) is 5.02 Å². The number of para-hydroxylation sites is 1. The standard InChI is InChI=1S/C15H9ClN2O3S/c1-8(19)20-12(7-17)10-5-6-11(21-10)15-18-14-9(16)3-2-4-13(14)22-15/h2-6,12H,1H3. The molecule has 3 rings (SSSR count). The van der Waals surface area contributed by atoms with Crippen LogP contribution in [0.1, 0.15) is 18.8 Å². The van der Waals surface area contributed by atoms with Crippen molar-refractivity contribution in [3.63, 3.8) is 0 Å². The van der Waals surface area contributed by atoms with E-state index in [1.54, 1.807) is 18.2 Å². The molecule has 1 atom stereocenters. The SMILES string of the molecule is CC(=O)OC(C#N)c1ccc(-c2nc3c(Cl)cccc3s2)o1. The van der Waals surface area contributed by atoms with E-state index in [2.05, 4.69) is 4.98 Å². The second-order valence-corrected chi connectivity index (χ2v) is 5.86. The fourth-order valence-electron chi connectivity index (χ4n) is 1.94. The molecule has 0 N–H and O–H groups in total. The molecule has 22 heavy (non-hydrogen) atoms. The predicted molar refractivity (Wildman–Crippen MR) is 82.5 cm³/mol. The summed E-state index contributed by atoms with van der Waals surface area (Å²) in [7, 11) is 0. The largest absolute Gasteiger partial charge is 0.453 e. The number of nitriles is 1. The van der Waals surface area contributed by atoms with Gasteiger partial charge in [0.2, 0.25) is 6.10 Å². The summed E-state index contributed by atoms with van der Waals surface area (Å²) in [5, 5.41) is 10.3. The number of rotatable bonds is 3. The summed E-state index contributed by atoms with van der Waals surface area (Å²) in [6.45, 7) is 1.24. The van der Waals surface area contributed by atoms with Crippen molar-refractivity contribution in [3.05, 3.63) is 41.1 Å². The number of hydrogen-bond acceptors (Lipinski definition) is 6. The third kappa shape index (κ3) is 2.69. The number of carbonyl (C=O) groups is 1. The molecule has 2 heterocycles. The van der Waals surface area contributed by atoms with Gasteiger partial charge < -0.3 is 9.15 Å². The van der Waals surface area contributed by atoms with Gasteiger partial charge in [-0.1, -0.05) is 17.7 Å². The predicted octanol–water partition coefficient (Wildman–Crippen LogP) is 4.34. The number of benzene rings is 1. The quantitative estimate of drug-likeness (QED) is 0.667. The van der Waals surface area contributed by atoms with Gasteiger partial charge in [-0.25, -0.2) is 4.98 Å². The summed E-state index contributed by atoms with van der Waals surface area (Å²) in [6, 6.07) is 10.7. The number of carbonyl (C=O) groups excluding carboxylic acids is 1. The summed E-state index contributed by atoms with van der Waals surface area (Å²) in [5.74, 6) is 0.217. The minimum Gasteiger partial charge on any atom is -0.453 e. The number of esters is 1. The van der Waals surface area contributed by atoms with Gasteiger partial charge in [-0.05, 0) is 24.3 Å². The number of thiazole rings is 1. The van der Waals surface area contributed by atoms with Crippen molar-refractivity contribution >= 4 is 39.1 Å². The average molecular weight is 333 g/mol. The summed E-state index contributed by atoms with van der Waals surface area (Å²) in [5.41, 5.74) is 0.707. The molecular weight excluding hydrogens is 324 g/mol. The summed E-state index contributed by atoms with van der Waals surface area (Å²) in [6.07, 6.45) is -1.07. The Labute approximate surface area is 134 Å². The van der Waals surface area contributed by atoms with Crippen molar-refractivity contribution in [1.29, 1.82) is 5.26 Å². The Morgan fingerprint density at radius 2 is 2.27 bits per heavy atom. The van der Waals surface area contributed by atoms with E-state index in [-0.39, 0.29) is 5.76 Å². The first-order valence-electron chi connectivity index (χ1n) is 6.30. The first-order valence-corrected chi connectivity index (χ1v) is 7.50. The van der Waals surface area contributed by atoms with Crippen molar-refractivity contribution in [2.75, 3.05) is 0 Å². The highest BCUT2D eigenvalue weighted by Gasteiger charge is 2.20. The smallest absolute Gasteiger partial charge is 0.304 e. The van der Waals surface area contributed by atoms with Crippen molar-refractivity contribution in [2.24, 2.45) is 0 Å². The lowest BCUT2D eigenvalue weighted by atomic mass is 10.3. The third-order valence-electron chi connectivity index (χ3n) is 2.87. The van der Waals surface area contributed by atoms with Crippen LogP contribution in [-0.4, -0.2) is 11.0 Å². The molecule has 0 spiro atoms. The van der Waals surface area contributed by atoms with Crippen LogP contribution in [0, 0.1) is 11.3 Å². The second-order valence-electron chi connectivity index (χ2n) is 4.43. The number of nitrogens with zero attached hydrogens (tertiary/aromatic N) is 2.